The van der Waals surface area contributed by atoms with Crippen molar-refractivity contribution >= 4 is 16.0 Å². The number of phenols is 1. The zero-order valence-corrected chi connectivity index (χ0v) is 9.94. The van der Waals surface area contributed by atoms with Crippen LogP contribution < -0.4 is 4.72 Å². The molecule has 1 aromatic carbocycles. The standard InChI is InChI=1S/C10H13NO5S/c1-7(8-3-2-4-9(12)5-8)11-17(15,16)6-10(13)14/h2-5,7,11-12H,6H2,1H3,(H,13,14). The summed E-state index contributed by atoms with van der Waals surface area (Å²) in [6.07, 6.45) is 0. The van der Waals surface area contributed by atoms with Crippen LogP contribution in [-0.2, 0) is 14.8 Å². The van der Waals surface area contributed by atoms with Crippen molar-refractivity contribution < 1.29 is 23.4 Å². The number of hydrogen-bond donors (Lipinski definition) is 3. The van der Waals surface area contributed by atoms with Crippen LogP contribution in [0.1, 0.15) is 18.5 Å². The Hall–Kier alpha value is -1.60. The predicted molar refractivity (Wildman–Crippen MR) is 61.1 cm³/mol. The van der Waals surface area contributed by atoms with Crippen molar-refractivity contribution in [2.24, 2.45) is 0 Å². The average molecular weight is 259 g/mol. The lowest BCUT2D eigenvalue weighted by Gasteiger charge is -2.13. The minimum absolute atomic E-state index is 0.0202. The van der Waals surface area contributed by atoms with E-state index in [9.17, 15) is 18.3 Å². The van der Waals surface area contributed by atoms with Crippen LogP contribution in [0.25, 0.3) is 0 Å². The molecule has 17 heavy (non-hydrogen) atoms. The molecule has 1 unspecified atom stereocenters. The molecule has 0 saturated heterocycles. The van der Waals surface area contributed by atoms with Crippen LogP contribution in [0.3, 0.4) is 0 Å². The Balaban J connectivity index is 2.79. The molecule has 0 bridgehead atoms. The molecule has 0 spiro atoms. The Labute approximate surface area is 99.0 Å². The summed E-state index contributed by atoms with van der Waals surface area (Å²) in [4.78, 5) is 10.3. The van der Waals surface area contributed by atoms with Crippen molar-refractivity contribution in [2.45, 2.75) is 13.0 Å². The number of sulfonamides is 1. The molecule has 0 heterocycles. The van der Waals surface area contributed by atoms with Crippen LogP contribution in [0, 0.1) is 0 Å². The third-order valence-corrected chi connectivity index (χ3v) is 3.38. The van der Waals surface area contributed by atoms with Crippen LogP contribution in [0.15, 0.2) is 24.3 Å². The van der Waals surface area contributed by atoms with Crippen molar-refractivity contribution in [1.82, 2.24) is 4.72 Å². The zero-order valence-electron chi connectivity index (χ0n) is 9.12. The van der Waals surface area contributed by atoms with Crippen LogP contribution >= 0.6 is 0 Å². The van der Waals surface area contributed by atoms with Crippen LogP contribution in [0.4, 0.5) is 0 Å². The maximum atomic E-state index is 11.4. The third kappa shape index (κ3) is 4.41. The first kappa shape index (κ1) is 13.5. The summed E-state index contributed by atoms with van der Waals surface area (Å²) in [6, 6.07) is 5.47. The smallest absolute Gasteiger partial charge is 0.320 e. The number of carboxylic acids is 1. The van der Waals surface area contributed by atoms with E-state index < -0.39 is 27.8 Å². The molecule has 0 aliphatic rings. The average Bonchev–Trinajstić information content (AvgIpc) is 2.14. The second-order valence-electron chi connectivity index (χ2n) is 3.59. The lowest BCUT2D eigenvalue weighted by atomic mass is 10.1. The van der Waals surface area contributed by atoms with E-state index in [0.29, 0.717) is 5.56 Å². The maximum absolute atomic E-state index is 11.4. The fourth-order valence-corrected chi connectivity index (χ4v) is 2.42. The van der Waals surface area contributed by atoms with Gasteiger partial charge in [-0.25, -0.2) is 13.1 Å². The predicted octanol–water partition coefficient (Wildman–Crippen LogP) is 0.457. The molecule has 1 aromatic rings. The van der Waals surface area contributed by atoms with Gasteiger partial charge in [0.15, 0.2) is 5.75 Å². The molecule has 3 N–H and O–H groups in total. The fourth-order valence-electron chi connectivity index (χ4n) is 1.34. The van der Waals surface area contributed by atoms with E-state index in [4.69, 9.17) is 5.11 Å². The van der Waals surface area contributed by atoms with Gasteiger partial charge in [-0.1, -0.05) is 12.1 Å². The first-order chi connectivity index (χ1) is 7.80. The number of rotatable bonds is 5. The normalized spacial score (nSPS) is 13.2. The molecule has 94 valence electrons. The molecule has 0 saturated carbocycles. The minimum atomic E-state index is -3.87. The highest BCUT2D eigenvalue weighted by Gasteiger charge is 2.19. The second kappa shape index (κ2) is 5.15. The van der Waals surface area contributed by atoms with Crippen molar-refractivity contribution in [3.63, 3.8) is 0 Å². The van der Waals surface area contributed by atoms with Crippen molar-refractivity contribution in [2.75, 3.05) is 5.75 Å². The molecule has 1 atom stereocenters. The number of aromatic hydroxyl groups is 1. The van der Waals surface area contributed by atoms with Gasteiger partial charge in [0.1, 0.15) is 5.75 Å². The first-order valence-corrected chi connectivity index (χ1v) is 6.46. The van der Waals surface area contributed by atoms with Gasteiger partial charge < -0.3 is 10.2 Å². The van der Waals surface area contributed by atoms with E-state index >= 15 is 0 Å². The van der Waals surface area contributed by atoms with Gasteiger partial charge in [0.05, 0.1) is 0 Å². The monoisotopic (exact) mass is 259 g/mol. The third-order valence-electron chi connectivity index (χ3n) is 2.04. The number of aliphatic carboxylic acids is 1. The Morgan fingerprint density at radius 3 is 2.65 bits per heavy atom. The van der Waals surface area contributed by atoms with E-state index in [2.05, 4.69) is 4.72 Å². The van der Waals surface area contributed by atoms with Gasteiger partial charge in [0.25, 0.3) is 0 Å². The molecule has 0 amide bonds. The van der Waals surface area contributed by atoms with Crippen molar-refractivity contribution in [1.29, 1.82) is 0 Å². The van der Waals surface area contributed by atoms with Gasteiger partial charge in [0, 0.05) is 6.04 Å². The highest BCUT2D eigenvalue weighted by atomic mass is 32.2. The van der Waals surface area contributed by atoms with Crippen LogP contribution in [0.5, 0.6) is 5.75 Å². The topological polar surface area (TPSA) is 104 Å². The van der Waals surface area contributed by atoms with Crippen LogP contribution in [0.2, 0.25) is 0 Å². The molecular formula is C10H13NO5S. The Bertz CT molecular complexity index is 511. The van der Waals surface area contributed by atoms with Gasteiger partial charge in [-0.2, -0.15) is 0 Å². The summed E-state index contributed by atoms with van der Waals surface area (Å²) in [5, 5.41) is 17.7. The SMILES string of the molecule is CC(NS(=O)(=O)CC(=O)O)c1cccc(O)c1. The number of carboxylic acid groups (broad SMARTS) is 1. The first-order valence-electron chi connectivity index (χ1n) is 4.81. The number of carbonyl (C=O) groups is 1. The second-order valence-corrected chi connectivity index (χ2v) is 5.34. The van der Waals surface area contributed by atoms with Gasteiger partial charge in [-0.05, 0) is 24.6 Å². The largest absolute Gasteiger partial charge is 0.508 e. The van der Waals surface area contributed by atoms with Crippen molar-refractivity contribution in [3.05, 3.63) is 29.8 Å². The van der Waals surface area contributed by atoms with Gasteiger partial charge >= 0.3 is 5.97 Å². The van der Waals surface area contributed by atoms with E-state index in [-0.39, 0.29) is 5.75 Å². The Morgan fingerprint density at radius 1 is 1.47 bits per heavy atom. The molecule has 0 fully saturated rings. The van der Waals surface area contributed by atoms with Gasteiger partial charge in [-0.15, -0.1) is 0 Å². The van der Waals surface area contributed by atoms with E-state index in [1.54, 1.807) is 19.1 Å². The highest BCUT2D eigenvalue weighted by molar-refractivity contribution is 7.90. The van der Waals surface area contributed by atoms with E-state index in [1.165, 1.54) is 12.1 Å². The molecular weight excluding hydrogens is 246 g/mol. The summed E-state index contributed by atoms with van der Waals surface area (Å²) in [5.74, 6) is -2.37. The summed E-state index contributed by atoms with van der Waals surface area (Å²) >= 11 is 0. The Kier molecular flexibility index (Phi) is 4.08. The molecule has 0 aromatic heterocycles. The molecule has 6 nitrogen and oxygen atoms in total. The summed E-state index contributed by atoms with van der Waals surface area (Å²) in [7, 11) is -3.87. The minimum Gasteiger partial charge on any atom is -0.508 e. The number of nitrogens with one attached hydrogen (secondary N) is 1. The van der Waals surface area contributed by atoms with E-state index in [1.807, 2.05) is 0 Å². The summed E-state index contributed by atoms with van der Waals surface area (Å²) in [5.41, 5.74) is 0.555. The zero-order chi connectivity index (χ0) is 13.1. The molecule has 0 aliphatic carbocycles. The summed E-state index contributed by atoms with van der Waals surface area (Å²) < 4.78 is 24.9. The molecule has 0 aliphatic heterocycles. The molecule has 1 rings (SSSR count). The highest BCUT2D eigenvalue weighted by Crippen LogP contribution is 2.18. The van der Waals surface area contributed by atoms with Gasteiger partial charge in [0.2, 0.25) is 10.0 Å². The van der Waals surface area contributed by atoms with Crippen molar-refractivity contribution in [3.8, 4) is 5.75 Å². The molecule has 0 radical (unpaired) electrons. The quantitative estimate of drug-likeness (QED) is 0.712. The Morgan fingerprint density at radius 2 is 2.12 bits per heavy atom. The maximum Gasteiger partial charge on any atom is 0.320 e. The van der Waals surface area contributed by atoms with E-state index in [0.717, 1.165) is 0 Å². The lowest BCUT2D eigenvalue weighted by Crippen LogP contribution is -2.32. The molecule has 7 heteroatoms. The number of hydrogen-bond acceptors (Lipinski definition) is 4. The van der Waals surface area contributed by atoms with Gasteiger partial charge in [-0.3, -0.25) is 4.79 Å². The van der Waals surface area contributed by atoms with Crippen LogP contribution in [-0.4, -0.2) is 30.4 Å². The number of phenolic OH excluding ortho intramolecular Hbond substituents is 1. The number of benzene rings is 1. The lowest BCUT2D eigenvalue weighted by molar-refractivity contribution is -0.134. The fraction of sp³-hybridized carbons (Fsp3) is 0.300. The summed E-state index contributed by atoms with van der Waals surface area (Å²) in [6.45, 7) is 1.56.